The number of hydrogen-bond acceptors (Lipinski definition) is 2. The summed E-state index contributed by atoms with van der Waals surface area (Å²) in [5, 5.41) is 6.99. The van der Waals surface area contributed by atoms with Gasteiger partial charge in [0.1, 0.15) is 5.82 Å². The van der Waals surface area contributed by atoms with E-state index in [2.05, 4.69) is 244 Å². The molecule has 0 radical (unpaired) electrons. The maximum Gasteiger partial charge on any atom is 0.268 e. The van der Waals surface area contributed by atoms with Crippen LogP contribution in [-0.2, 0) is 26.5 Å². The fraction of sp³-hybridized carbons (Fsp3) is 0.0625. The third kappa shape index (κ3) is 6.91. The average molecular weight is 1110 g/mol. The Labute approximate surface area is 430 Å². The van der Waals surface area contributed by atoms with E-state index in [9.17, 15) is 0 Å². The van der Waals surface area contributed by atoms with Crippen molar-refractivity contribution >= 4 is 76.5 Å². The summed E-state index contributed by atoms with van der Waals surface area (Å²) in [5.41, 5.74) is 13.8. The molecule has 0 N–H and O–H groups in total. The van der Waals surface area contributed by atoms with Crippen molar-refractivity contribution < 1.29 is 30.4 Å². The summed E-state index contributed by atoms with van der Waals surface area (Å²) < 4.78 is 17.9. The number of aromatic nitrogens is 6. The number of rotatable bonds is 7. The number of para-hydroxylation sites is 6. The fourth-order valence-electron chi connectivity index (χ4n) is 10.7. The van der Waals surface area contributed by atoms with Crippen LogP contribution in [0, 0.1) is 18.5 Å². The first-order valence-corrected chi connectivity index (χ1v) is 24.0. The predicted molar refractivity (Wildman–Crippen MR) is 287 cm³/mol. The van der Waals surface area contributed by atoms with Crippen molar-refractivity contribution in [2.75, 3.05) is 0 Å². The topological polar surface area (TPSA) is 45.7 Å². The van der Waals surface area contributed by atoms with Gasteiger partial charge in [-0.25, -0.2) is 4.98 Å². The quantitative estimate of drug-likeness (QED) is 0.118. The zero-order valence-corrected chi connectivity index (χ0v) is 41.9. The van der Waals surface area contributed by atoms with Gasteiger partial charge in [0.25, 0.3) is 6.33 Å². The molecular formula is C64H44N6OPt-2. The standard InChI is InChI=1S/C64H44N6O.Pt/c1-64(2,3)42-34-35-65-63(36-42)70-59-33-29-46(69-55-23-10-7-20-49(55)50-21-8-11-24-56(50)69)39-54(59)52-31-30-48(40-62(52)70)71-47-19-15-18-44(37-47)66-41-67(61-27-14-13-26-60(61)66)45-28-32-58-53(38-45)51-22-9-12-25-57(51)68(58)43-16-5-4-6-17-43;/h4-36,38-39H,1-3H3;/q-2;. The Kier molecular flexibility index (Phi) is 10.2. The number of fused-ring (bicyclic) bond motifs is 10. The molecule has 9 aromatic carbocycles. The molecule has 0 bridgehead atoms. The molecule has 0 saturated heterocycles. The maximum absolute atomic E-state index is 6.74. The van der Waals surface area contributed by atoms with Crippen molar-refractivity contribution in [1.82, 2.24) is 23.3 Å². The van der Waals surface area contributed by atoms with Crippen LogP contribution in [0.1, 0.15) is 26.3 Å². The van der Waals surface area contributed by atoms with E-state index in [0.717, 1.165) is 66.9 Å². The van der Waals surface area contributed by atoms with Crippen LogP contribution in [0.4, 0.5) is 0 Å². The van der Waals surface area contributed by atoms with Crippen LogP contribution in [0.3, 0.4) is 0 Å². The second-order valence-corrected chi connectivity index (χ2v) is 19.3. The Morgan fingerprint density at radius 1 is 0.458 bits per heavy atom. The van der Waals surface area contributed by atoms with Crippen molar-refractivity contribution in [3.8, 4) is 40.1 Å². The molecule has 0 aliphatic carbocycles. The average Bonchev–Trinajstić information content (AvgIpc) is 4.15. The molecule has 0 unspecified atom stereocenters. The van der Waals surface area contributed by atoms with E-state index in [1.165, 1.54) is 43.7 Å². The molecule has 7 nitrogen and oxygen atoms in total. The molecule has 0 fully saturated rings. The van der Waals surface area contributed by atoms with E-state index in [0.29, 0.717) is 11.5 Å². The molecule has 0 saturated carbocycles. The minimum absolute atomic E-state index is 0. The predicted octanol–water partition coefficient (Wildman–Crippen LogP) is 15.1. The number of hydrogen-bond donors (Lipinski definition) is 0. The number of nitrogens with zero attached hydrogens (tertiary/aromatic N) is 6. The summed E-state index contributed by atoms with van der Waals surface area (Å²) >= 11 is 0. The first-order valence-electron chi connectivity index (χ1n) is 24.0. The van der Waals surface area contributed by atoms with Gasteiger partial charge in [0.05, 0.1) is 38.8 Å². The molecule has 0 aliphatic rings. The van der Waals surface area contributed by atoms with Crippen molar-refractivity contribution in [2.24, 2.45) is 0 Å². The van der Waals surface area contributed by atoms with Gasteiger partial charge in [0.2, 0.25) is 0 Å². The summed E-state index contributed by atoms with van der Waals surface area (Å²) in [6, 6.07) is 80.0. The van der Waals surface area contributed by atoms with E-state index < -0.39 is 0 Å². The van der Waals surface area contributed by atoms with E-state index >= 15 is 0 Å². The summed E-state index contributed by atoms with van der Waals surface area (Å²) in [5.74, 6) is 1.97. The van der Waals surface area contributed by atoms with Crippen LogP contribution >= 0.6 is 0 Å². The smallest absolute Gasteiger partial charge is 0.268 e. The Morgan fingerprint density at radius 2 is 1.06 bits per heavy atom. The maximum atomic E-state index is 6.74. The molecular weight excluding hydrogens is 1060 g/mol. The van der Waals surface area contributed by atoms with Gasteiger partial charge in [0.15, 0.2) is 0 Å². The molecule has 8 heteroatoms. The second-order valence-electron chi connectivity index (χ2n) is 19.3. The van der Waals surface area contributed by atoms with Crippen LogP contribution < -0.4 is 9.30 Å². The first-order chi connectivity index (χ1) is 34.8. The molecule has 0 spiro atoms. The monoisotopic (exact) mass is 1110 g/mol. The minimum Gasteiger partial charge on any atom is -0.510 e. The molecule has 0 aliphatic heterocycles. The molecule has 5 aromatic heterocycles. The van der Waals surface area contributed by atoms with Gasteiger partial charge < -0.3 is 23.0 Å². The molecule has 72 heavy (non-hydrogen) atoms. The van der Waals surface area contributed by atoms with Crippen LogP contribution in [0.15, 0.2) is 212 Å². The molecule has 14 rings (SSSR count). The Balaban J connectivity index is 0.00000504. The normalized spacial score (nSPS) is 12.0. The van der Waals surface area contributed by atoms with Crippen LogP contribution in [-0.4, -0.2) is 23.3 Å². The summed E-state index contributed by atoms with van der Waals surface area (Å²) in [6.45, 7) is 6.70. The molecule has 0 amide bonds. The Hall–Kier alpha value is -8.51. The fourth-order valence-corrected chi connectivity index (χ4v) is 10.7. The Morgan fingerprint density at radius 3 is 1.79 bits per heavy atom. The van der Waals surface area contributed by atoms with E-state index in [1.807, 2.05) is 30.5 Å². The zero-order valence-electron chi connectivity index (χ0n) is 39.6. The van der Waals surface area contributed by atoms with Gasteiger partial charge in [-0.05, 0) is 101 Å². The van der Waals surface area contributed by atoms with Gasteiger partial charge in [-0.15, -0.1) is 29.7 Å². The van der Waals surface area contributed by atoms with Crippen LogP contribution in [0.5, 0.6) is 11.5 Å². The number of benzene rings is 9. The second kappa shape index (κ2) is 16.8. The van der Waals surface area contributed by atoms with E-state index in [1.54, 1.807) is 0 Å². The SMILES string of the molecule is CC(C)(C)c1ccnc(-n2c3[c-]c(Oc4[c-]c(-n5[c-][n+](-c6ccc7c(c6)c6ccccc6n7-c6ccccc6)c6ccccc65)ccc4)ccc3c3cc(-n4c5ccccc5c5ccccc54)ccc32)c1.[Pt]. The van der Waals surface area contributed by atoms with Gasteiger partial charge >= 0.3 is 0 Å². The van der Waals surface area contributed by atoms with Crippen LogP contribution in [0.2, 0.25) is 0 Å². The summed E-state index contributed by atoms with van der Waals surface area (Å²) in [4.78, 5) is 4.98. The van der Waals surface area contributed by atoms with E-state index in [4.69, 9.17) is 9.72 Å². The molecule has 5 heterocycles. The van der Waals surface area contributed by atoms with Gasteiger partial charge in [-0.3, -0.25) is 4.57 Å². The van der Waals surface area contributed by atoms with Crippen molar-refractivity contribution in [1.29, 1.82) is 0 Å². The molecule has 14 aromatic rings. The third-order valence-corrected chi connectivity index (χ3v) is 14.0. The molecule has 348 valence electrons. The van der Waals surface area contributed by atoms with Gasteiger partial charge in [-0.2, -0.15) is 18.2 Å². The summed E-state index contributed by atoms with van der Waals surface area (Å²) in [7, 11) is 0. The minimum atomic E-state index is -0.0709. The Bertz CT molecular complexity index is 4380. The molecule has 0 atom stereocenters. The van der Waals surface area contributed by atoms with Gasteiger partial charge in [-0.1, -0.05) is 123 Å². The number of imidazole rings is 1. The number of pyridine rings is 1. The largest absolute Gasteiger partial charge is 0.510 e. The van der Waals surface area contributed by atoms with Crippen molar-refractivity contribution in [3.63, 3.8) is 0 Å². The third-order valence-electron chi connectivity index (χ3n) is 14.0. The first kappa shape index (κ1) is 43.5. The van der Waals surface area contributed by atoms with Gasteiger partial charge in [0, 0.05) is 77.2 Å². The van der Waals surface area contributed by atoms with Crippen molar-refractivity contribution in [2.45, 2.75) is 26.2 Å². The van der Waals surface area contributed by atoms with Crippen LogP contribution in [0.25, 0.3) is 105 Å². The van der Waals surface area contributed by atoms with Crippen molar-refractivity contribution in [3.05, 3.63) is 236 Å². The summed E-state index contributed by atoms with van der Waals surface area (Å²) in [6.07, 6.45) is 5.61. The zero-order chi connectivity index (χ0) is 47.4. The number of ether oxygens (including phenoxy) is 1. The van der Waals surface area contributed by atoms with E-state index in [-0.39, 0.29) is 26.5 Å².